The molecule has 0 aliphatic heterocycles. The zero-order valence-corrected chi connectivity index (χ0v) is 17.0. The SMILES string of the molecule is C=CCCC(=O)OCC(C)(C)NC(=O)C(CC=C)CC(=O)NCCOCCO. The summed E-state index contributed by atoms with van der Waals surface area (Å²) in [6.07, 6.45) is 4.35. The van der Waals surface area contributed by atoms with Gasteiger partial charge in [0.1, 0.15) is 6.61 Å². The Balaban J connectivity index is 4.49. The number of amides is 2. The first kappa shape index (κ1) is 25.8. The number of nitrogens with one attached hydrogen (secondary N) is 2. The Morgan fingerprint density at radius 2 is 1.89 bits per heavy atom. The van der Waals surface area contributed by atoms with Gasteiger partial charge in [0.15, 0.2) is 0 Å². The second-order valence-electron chi connectivity index (χ2n) is 6.97. The van der Waals surface area contributed by atoms with Gasteiger partial charge in [-0.3, -0.25) is 14.4 Å². The Morgan fingerprint density at radius 1 is 1.18 bits per heavy atom. The van der Waals surface area contributed by atoms with Crippen LogP contribution >= 0.6 is 0 Å². The predicted octanol–water partition coefficient (Wildman–Crippen LogP) is 1.10. The molecule has 0 fully saturated rings. The molecule has 2 amide bonds. The van der Waals surface area contributed by atoms with Crippen molar-refractivity contribution in [1.29, 1.82) is 0 Å². The summed E-state index contributed by atoms with van der Waals surface area (Å²) in [5.74, 6) is -1.51. The molecule has 0 saturated heterocycles. The fourth-order valence-electron chi connectivity index (χ4n) is 2.23. The molecule has 1 unspecified atom stereocenters. The van der Waals surface area contributed by atoms with E-state index in [4.69, 9.17) is 14.6 Å². The van der Waals surface area contributed by atoms with Gasteiger partial charge in [-0.15, -0.1) is 13.2 Å². The number of hydrogen-bond donors (Lipinski definition) is 3. The van der Waals surface area contributed by atoms with Gasteiger partial charge in [0.25, 0.3) is 0 Å². The zero-order chi connectivity index (χ0) is 21.4. The predicted molar refractivity (Wildman–Crippen MR) is 106 cm³/mol. The Labute approximate surface area is 167 Å². The minimum Gasteiger partial charge on any atom is -0.463 e. The molecule has 0 spiro atoms. The molecule has 0 aliphatic carbocycles. The Kier molecular flexibility index (Phi) is 13.7. The third-order valence-electron chi connectivity index (χ3n) is 3.67. The molecule has 0 rings (SSSR count). The summed E-state index contributed by atoms with van der Waals surface area (Å²) in [6, 6.07) is 0. The number of aliphatic hydroxyl groups excluding tert-OH is 1. The van der Waals surface area contributed by atoms with Crippen molar-refractivity contribution >= 4 is 17.8 Å². The summed E-state index contributed by atoms with van der Waals surface area (Å²) in [4.78, 5) is 36.2. The lowest BCUT2D eigenvalue weighted by molar-refractivity contribution is -0.146. The van der Waals surface area contributed by atoms with Crippen LogP contribution in [0.5, 0.6) is 0 Å². The zero-order valence-electron chi connectivity index (χ0n) is 17.0. The van der Waals surface area contributed by atoms with E-state index >= 15 is 0 Å². The fraction of sp³-hybridized carbons (Fsp3) is 0.650. The van der Waals surface area contributed by atoms with Crippen LogP contribution in [0.2, 0.25) is 0 Å². The van der Waals surface area contributed by atoms with Gasteiger partial charge in [0, 0.05) is 19.4 Å². The van der Waals surface area contributed by atoms with Crippen LogP contribution in [0, 0.1) is 5.92 Å². The minimum atomic E-state index is -0.769. The molecular weight excluding hydrogens is 364 g/mol. The van der Waals surface area contributed by atoms with Gasteiger partial charge >= 0.3 is 5.97 Å². The normalized spacial score (nSPS) is 12.0. The van der Waals surface area contributed by atoms with E-state index < -0.39 is 11.5 Å². The van der Waals surface area contributed by atoms with Gasteiger partial charge in [0.2, 0.25) is 11.8 Å². The number of rotatable bonds is 16. The van der Waals surface area contributed by atoms with Gasteiger partial charge < -0.3 is 25.2 Å². The van der Waals surface area contributed by atoms with Crippen molar-refractivity contribution in [2.24, 2.45) is 5.92 Å². The van der Waals surface area contributed by atoms with Crippen molar-refractivity contribution in [2.75, 3.05) is 33.0 Å². The van der Waals surface area contributed by atoms with Crippen LogP contribution in [0.15, 0.2) is 25.3 Å². The molecule has 0 aliphatic rings. The summed E-state index contributed by atoms with van der Waals surface area (Å²) in [6.45, 7) is 11.4. The topological polar surface area (TPSA) is 114 Å². The minimum absolute atomic E-state index is 0.00700. The van der Waals surface area contributed by atoms with Gasteiger partial charge in [-0.25, -0.2) is 0 Å². The first-order valence-corrected chi connectivity index (χ1v) is 9.40. The van der Waals surface area contributed by atoms with E-state index in [1.807, 2.05) is 0 Å². The summed E-state index contributed by atoms with van der Waals surface area (Å²) in [5, 5.41) is 14.1. The Hall–Kier alpha value is -2.19. The summed E-state index contributed by atoms with van der Waals surface area (Å²) < 4.78 is 10.2. The molecule has 8 heteroatoms. The molecule has 0 radical (unpaired) electrons. The largest absolute Gasteiger partial charge is 0.463 e. The number of ether oxygens (including phenoxy) is 2. The highest BCUT2D eigenvalue weighted by Gasteiger charge is 2.28. The average Bonchev–Trinajstić information content (AvgIpc) is 2.64. The van der Waals surface area contributed by atoms with Crippen molar-refractivity contribution in [3.63, 3.8) is 0 Å². The standard InChI is InChI=1S/C20H34N2O6/c1-5-7-9-18(25)28-15-20(3,4)22-19(26)16(8-6-2)14-17(24)21-10-12-27-13-11-23/h5-6,16,23H,1-2,7-15H2,3-4H3,(H,21,24)(H,22,26). The highest BCUT2D eigenvalue weighted by Crippen LogP contribution is 2.13. The van der Waals surface area contributed by atoms with Crippen LogP contribution in [-0.2, 0) is 23.9 Å². The first-order valence-electron chi connectivity index (χ1n) is 9.40. The van der Waals surface area contributed by atoms with Crippen molar-refractivity contribution in [1.82, 2.24) is 10.6 Å². The molecule has 28 heavy (non-hydrogen) atoms. The van der Waals surface area contributed by atoms with E-state index in [1.54, 1.807) is 26.0 Å². The van der Waals surface area contributed by atoms with E-state index in [9.17, 15) is 14.4 Å². The summed E-state index contributed by atoms with van der Waals surface area (Å²) in [7, 11) is 0. The average molecular weight is 399 g/mol. The molecule has 0 saturated carbocycles. The molecule has 8 nitrogen and oxygen atoms in total. The number of hydrogen-bond acceptors (Lipinski definition) is 6. The molecule has 3 N–H and O–H groups in total. The smallest absolute Gasteiger partial charge is 0.306 e. The molecule has 160 valence electrons. The van der Waals surface area contributed by atoms with Gasteiger partial charge in [0.05, 0.1) is 31.3 Å². The fourth-order valence-corrected chi connectivity index (χ4v) is 2.23. The number of carbonyl (C=O) groups excluding carboxylic acids is 3. The van der Waals surface area contributed by atoms with E-state index in [1.165, 1.54) is 0 Å². The molecule has 1 atom stereocenters. The van der Waals surface area contributed by atoms with Crippen LogP contribution < -0.4 is 10.6 Å². The van der Waals surface area contributed by atoms with Gasteiger partial charge in [-0.2, -0.15) is 0 Å². The maximum absolute atomic E-state index is 12.6. The van der Waals surface area contributed by atoms with Crippen molar-refractivity contribution in [3.05, 3.63) is 25.3 Å². The Bertz CT molecular complexity index is 519. The lowest BCUT2D eigenvalue weighted by Gasteiger charge is -2.28. The van der Waals surface area contributed by atoms with Crippen molar-refractivity contribution in [2.45, 2.75) is 45.1 Å². The highest BCUT2D eigenvalue weighted by molar-refractivity contribution is 5.86. The van der Waals surface area contributed by atoms with E-state index in [-0.39, 0.29) is 57.1 Å². The first-order chi connectivity index (χ1) is 13.3. The van der Waals surface area contributed by atoms with Gasteiger partial charge in [-0.05, 0) is 26.7 Å². The molecule has 0 aromatic rings. The van der Waals surface area contributed by atoms with Crippen molar-refractivity contribution < 1.29 is 29.0 Å². The van der Waals surface area contributed by atoms with Crippen LogP contribution in [-0.4, -0.2) is 61.4 Å². The highest BCUT2D eigenvalue weighted by atomic mass is 16.5. The third-order valence-corrected chi connectivity index (χ3v) is 3.67. The number of esters is 1. The van der Waals surface area contributed by atoms with E-state index in [0.717, 1.165) is 0 Å². The third kappa shape index (κ3) is 13.1. The Morgan fingerprint density at radius 3 is 2.50 bits per heavy atom. The molecular formula is C20H34N2O6. The summed E-state index contributed by atoms with van der Waals surface area (Å²) >= 11 is 0. The molecule has 0 bridgehead atoms. The molecule has 0 heterocycles. The van der Waals surface area contributed by atoms with Gasteiger partial charge in [-0.1, -0.05) is 12.2 Å². The quantitative estimate of drug-likeness (QED) is 0.204. The van der Waals surface area contributed by atoms with Crippen LogP contribution in [0.25, 0.3) is 0 Å². The second-order valence-corrected chi connectivity index (χ2v) is 6.97. The number of allylic oxidation sites excluding steroid dienone is 2. The van der Waals surface area contributed by atoms with Crippen LogP contribution in [0.4, 0.5) is 0 Å². The number of aliphatic hydroxyl groups is 1. The maximum Gasteiger partial charge on any atom is 0.306 e. The van der Waals surface area contributed by atoms with Crippen LogP contribution in [0.3, 0.4) is 0 Å². The molecule has 0 aromatic carbocycles. The second kappa shape index (κ2) is 14.8. The van der Waals surface area contributed by atoms with Crippen LogP contribution in [0.1, 0.15) is 39.5 Å². The van der Waals surface area contributed by atoms with E-state index in [2.05, 4.69) is 23.8 Å². The lowest BCUT2D eigenvalue weighted by atomic mass is 9.97. The lowest BCUT2D eigenvalue weighted by Crippen LogP contribution is -2.50. The summed E-state index contributed by atoms with van der Waals surface area (Å²) in [5.41, 5.74) is -0.769. The number of carbonyl (C=O) groups is 3. The van der Waals surface area contributed by atoms with Crippen molar-refractivity contribution in [3.8, 4) is 0 Å². The molecule has 0 aromatic heterocycles. The maximum atomic E-state index is 12.6. The van der Waals surface area contributed by atoms with E-state index in [0.29, 0.717) is 19.4 Å². The monoisotopic (exact) mass is 398 g/mol.